The van der Waals surface area contributed by atoms with Crippen molar-refractivity contribution < 1.29 is 43.4 Å². The summed E-state index contributed by atoms with van der Waals surface area (Å²) in [6.45, 7) is 0.0109. The zero-order valence-electron chi connectivity index (χ0n) is 15.4. The van der Waals surface area contributed by atoms with Crippen LogP contribution in [-0.4, -0.2) is 64.8 Å². The Labute approximate surface area is 154 Å². The SMILES string of the molecule is CCCCCCCCCC(=O)OCC(O)COP(=O)(O)OCC(O)CO. The third kappa shape index (κ3) is 15.7. The lowest BCUT2D eigenvalue weighted by Gasteiger charge is -2.16. The number of aliphatic hydroxyl groups excluding tert-OH is 3. The van der Waals surface area contributed by atoms with Crippen LogP contribution in [0.4, 0.5) is 0 Å². The minimum Gasteiger partial charge on any atom is -0.463 e. The quantitative estimate of drug-likeness (QED) is 0.162. The lowest BCUT2D eigenvalue weighted by molar-refractivity contribution is -0.147. The van der Waals surface area contributed by atoms with Gasteiger partial charge >= 0.3 is 13.8 Å². The highest BCUT2D eigenvalue weighted by atomic mass is 31.2. The van der Waals surface area contributed by atoms with Crippen molar-refractivity contribution in [1.82, 2.24) is 0 Å². The van der Waals surface area contributed by atoms with E-state index in [-0.39, 0.29) is 13.0 Å². The van der Waals surface area contributed by atoms with Crippen LogP contribution in [0.1, 0.15) is 58.3 Å². The summed E-state index contributed by atoms with van der Waals surface area (Å²) in [4.78, 5) is 20.8. The summed E-state index contributed by atoms with van der Waals surface area (Å²) in [6.07, 6.45) is 5.25. The molecule has 0 fully saturated rings. The molecule has 0 saturated heterocycles. The fourth-order valence-electron chi connectivity index (χ4n) is 1.99. The Morgan fingerprint density at radius 3 is 2.04 bits per heavy atom. The fourth-order valence-corrected chi connectivity index (χ4v) is 2.78. The van der Waals surface area contributed by atoms with Gasteiger partial charge in [-0.05, 0) is 6.42 Å². The van der Waals surface area contributed by atoms with Crippen molar-refractivity contribution in [1.29, 1.82) is 0 Å². The second-order valence-electron chi connectivity index (χ2n) is 6.10. The molecule has 0 rings (SSSR count). The summed E-state index contributed by atoms with van der Waals surface area (Å²) in [7, 11) is -4.47. The zero-order valence-corrected chi connectivity index (χ0v) is 16.3. The molecule has 0 aliphatic rings. The van der Waals surface area contributed by atoms with Gasteiger partial charge in [0.25, 0.3) is 0 Å². The van der Waals surface area contributed by atoms with Crippen molar-refractivity contribution >= 4 is 13.8 Å². The predicted molar refractivity (Wildman–Crippen MR) is 94.4 cm³/mol. The topological polar surface area (TPSA) is 143 Å². The van der Waals surface area contributed by atoms with Gasteiger partial charge in [-0.15, -0.1) is 0 Å². The zero-order chi connectivity index (χ0) is 19.8. The van der Waals surface area contributed by atoms with Gasteiger partial charge < -0.3 is 24.9 Å². The first kappa shape index (κ1) is 25.5. The summed E-state index contributed by atoms with van der Waals surface area (Å²) >= 11 is 0. The summed E-state index contributed by atoms with van der Waals surface area (Å²) in [6, 6.07) is 0. The van der Waals surface area contributed by atoms with Gasteiger partial charge in [0.2, 0.25) is 0 Å². The minimum absolute atomic E-state index is 0.266. The molecule has 9 nitrogen and oxygen atoms in total. The van der Waals surface area contributed by atoms with Crippen LogP contribution < -0.4 is 0 Å². The molecule has 0 saturated carbocycles. The first-order chi connectivity index (χ1) is 12.3. The molecule has 0 radical (unpaired) electrons. The van der Waals surface area contributed by atoms with E-state index < -0.39 is 45.8 Å². The van der Waals surface area contributed by atoms with E-state index in [4.69, 9.17) is 14.9 Å². The van der Waals surface area contributed by atoms with Gasteiger partial charge in [-0.1, -0.05) is 45.4 Å². The van der Waals surface area contributed by atoms with Crippen molar-refractivity contribution in [2.24, 2.45) is 0 Å². The molecule has 0 aromatic heterocycles. The molecular formula is C16H33O9P. The summed E-state index contributed by atoms with van der Waals surface area (Å²) < 4.78 is 25.3. The second-order valence-corrected chi connectivity index (χ2v) is 7.56. The van der Waals surface area contributed by atoms with Gasteiger partial charge in [0, 0.05) is 6.42 Å². The molecule has 0 spiro atoms. The number of phosphoric ester groups is 1. The number of esters is 1. The highest BCUT2D eigenvalue weighted by Crippen LogP contribution is 2.43. The molecule has 3 unspecified atom stereocenters. The third-order valence-electron chi connectivity index (χ3n) is 3.49. The fraction of sp³-hybridized carbons (Fsp3) is 0.938. The van der Waals surface area contributed by atoms with E-state index in [1.54, 1.807) is 0 Å². The average Bonchev–Trinajstić information content (AvgIpc) is 2.62. The molecule has 0 aromatic carbocycles. The van der Waals surface area contributed by atoms with E-state index in [0.717, 1.165) is 25.7 Å². The van der Waals surface area contributed by atoms with E-state index in [9.17, 15) is 19.4 Å². The van der Waals surface area contributed by atoms with Crippen molar-refractivity contribution in [2.45, 2.75) is 70.5 Å². The lowest BCUT2D eigenvalue weighted by Crippen LogP contribution is -2.24. The monoisotopic (exact) mass is 400 g/mol. The molecule has 4 N–H and O–H groups in total. The Hall–Kier alpha value is -0.540. The van der Waals surface area contributed by atoms with E-state index in [1.807, 2.05) is 0 Å². The molecule has 0 aliphatic carbocycles. The predicted octanol–water partition coefficient (Wildman–Crippen LogP) is 1.52. The molecule has 3 atom stereocenters. The maximum Gasteiger partial charge on any atom is 0.472 e. The molecule has 156 valence electrons. The van der Waals surface area contributed by atoms with Crippen molar-refractivity contribution in [2.75, 3.05) is 26.4 Å². The Morgan fingerprint density at radius 2 is 1.46 bits per heavy atom. The van der Waals surface area contributed by atoms with E-state index in [2.05, 4.69) is 16.0 Å². The van der Waals surface area contributed by atoms with Gasteiger partial charge in [0.05, 0.1) is 19.8 Å². The summed E-state index contributed by atoms with van der Waals surface area (Å²) in [5.74, 6) is -0.438. The van der Waals surface area contributed by atoms with Crippen LogP contribution in [0, 0.1) is 0 Å². The van der Waals surface area contributed by atoms with Crippen molar-refractivity contribution in [3.05, 3.63) is 0 Å². The molecular weight excluding hydrogens is 367 g/mol. The summed E-state index contributed by atoms with van der Waals surface area (Å²) in [5.41, 5.74) is 0. The van der Waals surface area contributed by atoms with Gasteiger partial charge in [0.1, 0.15) is 18.8 Å². The van der Waals surface area contributed by atoms with Crippen molar-refractivity contribution in [3.8, 4) is 0 Å². The Kier molecular flexibility index (Phi) is 15.2. The van der Waals surface area contributed by atoms with Crippen LogP contribution in [0.25, 0.3) is 0 Å². The minimum atomic E-state index is -4.47. The smallest absolute Gasteiger partial charge is 0.463 e. The number of carbonyl (C=O) groups excluding carboxylic acids is 1. The average molecular weight is 400 g/mol. The second kappa shape index (κ2) is 15.5. The molecule has 26 heavy (non-hydrogen) atoms. The van der Waals surface area contributed by atoms with Gasteiger partial charge in [-0.3, -0.25) is 13.8 Å². The van der Waals surface area contributed by atoms with E-state index in [1.165, 1.54) is 19.3 Å². The molecule has 10 heteroatoms. The van der Waals surface area contributed by atoms with Crippen LogP contribution >= 0.6 is 7.82 Å². The van der Waals surface area contributed by atoms with E-state index in [0.29, 0.717) is 0 Å². The van der Waals surface area contributed by atoms with Gasteiger partial charge in [-0.25, -0.2) is 4.57 Å². The van der Waals surface area contributed by atoms with Gasteiger partial charge in [-0.2, -0.15) is 0 Å². The van der Waals surface area contributed by atoms with Crippen LogP contribution in [0.15, 0.2) is 0 Å². The number of hydrogen-bond donors (Lipinski definition) is 4. The number of hydrogen-bond acceptors (Lipinski definition) is 8. The highest BCUT2D eigenvalue weighted by Gasteiger charge is 2.24. The molecule has 0 aromatic rings. The van der Waals surface area contributed by atoms with Crippen LogP contribution in [0.2, 0.25) is 0 Å². The molecule has 0 aliphatic heterocycles. The number of aliphatic hydroxyl groups is 3. The maximum atomic E-state index is 11.5. The molecule has 0 heterocycles. The molecule has 0 bridgehead atoms. The number of rotatable bonds is 17. The first-order valence-corrected chi connectivity index (χ1v) is 10.5. The van der Waals surface area contributed by atoms with Crippen LogP contribution in [-0.2, 0) is 23.1 Å². The first-order valence-electron chi connectivity index (χ1n) is 9.05. The number of unbranched alkanes of at least 4 members (excludes halogenated alkanes) is 6. The largest absolute Gasteiger partial charge is 0.472 e. The number of ether oxygens (including phenoxy) is 1. The number of carbonyl (C=O) groups is 1. The normalized spacial score (nSPS) is 16.0. The maximum absolute atomic E-state index is 11.5. The Bertz CT molecular complexity index is 405. The molecule has 0 amide bonds. The lowest BCUT2D eigenvalue weighted by atomic mass is 10.1. The summed E-state index contributed by atoms with van der Waals surface area (Å²) in [5, 5.41) is 27.2. The number of phosphoric acid groups is 1. The van der Waals surface area contributed by atoms with Gasteiger partial charge in [0.15, 0.2) is 0 Å². The standard InChI is InChI=1S/C16H33O9P/c1-2-3-4-5-6-7-8-9-16(20)23-11-15(19)13-25-26(21,22)24-12-14(18)10-17/h14-15,17-19H,2-13H2,1H3,(H,21,22). The highest BCUT2D eigenvalue weighted by molar-refractivity contribution is 7.47. The van der Waals surface area contributed by atoms with Crippen LogP contribution in [0.5, 0.6) is 0 Å². The van der Waals surface area contributed by atoms with E-state index >= 15 is 0 Å². The van der Waals surface area contributed by atoms with Crippen molar-refractivity contribution in [3.63, 3.8) is 0 Å². The Morgan fingerprint density at radius 1 is 0.923 bits per heavy atom. The third-order valence-corrected chi connectivity index (χ3v) is 4.44. The Balaban J connectivity index is 3.72. The van der Waals surface area contributed by atoms with Crippen LogP contribution in [0.3, 0.4) is 0 Å².